The first-order chi connectivity index (χ1) is 8.80. The van der Waals surface area contributed by atoms with Crippen molar-refractivity contribution in [2.24, 2.45) is 11.7 Å². The van der Waals surface area contributed by atoms with Crippen LogP contribution in [0.15, 0.2) is 0 Å². The second kappa shape index (κ2) is 9.69. The van der Waals surface area contributed by atoms with E-state index in [0.29, 0.717) is 13.1 Å². The van der Waals surface area contributed by atoms with E-state index in [-0.39, 0.29) is 13.2 Å². The van der Waals surface area contributed by atoms with Crippen LogP contribution in [0.2, 0.25) is 0 Å². The second-order valence-electron chi connectivity index (χ2n) is 5.16. The number of aliphatic hydroxyl groups excluding tert-OH is 2. The summed E-state index contributed by atoms with van der Waals surface area (Å²) in [6.07, 6.45) is 3.56. The van der Waals surface area contributed by atoms with Crippen molar-refractivity contribution in [3.05, 3.63) is 0 Å². The molecule has 1 saturated heterocycles. The lowest BCUT2D eigenvalue weighted by molar-refractivity contribution is 0.143. The fourth-order valence-corrected chi connectivity index (χ4v) is 2.58. The molecule has 108 valence electrons. The first-order valence-corrected chi connectivity index (χ1v) is 7.16. The summed E-state index contributed by atoms with van der Waals surface area (Å²) < 4.78 is 0. The molecule has 0 aromatic rings. The Hall–Kier alpha value is -0.200. The SMILES string of the molecule is NCC1CCN(CCCN(CCO)CCO)CC1. The van der Waals surface area contributed by atoms with Gasteiger partial charge in [-0.1, -0.05) is 0 Å². The van der Waals surface area contributed by atoms with Crippen molar-refractivity contribution in [3.63, 3.8) is 0 Å². The first kappa shape index (κ1) is 15.9. The Labute approximate surface area is 111 Å². The average Bonchev–Trinajstić information content (AvgIpc) is 2.40. The van der Waals surface area contributed by atoms with Crippen LogP contribution in [0.4, 0.5) is 0 Å². The van der Waals surface area contributed by atoms with E-state index in [1.807, 2.05) is 0 Å². The standard InChI is InChI=1S/C13H29N3O2/c14-12-13-2-6-15(7-3-13)4-1-5-16(8-10-17)9-11-18/h13,17-18H,1-12,14H2. The fourth-order valence-electron chi connectivity index (χ4n) is 2.58. The second-order valence-corrected chi connectivity index (χ2v) is 5.16. The highest BCUT2D eigenvalue weighted by atomic mass is 16.3. The summed E-state index contributed by atoms with van der Waals surface area (Å²) in [5.74, 6) is 0.724. The number of piperidine rings is 1. The van der Waals surface area contributed by atoms with E-state index < -0.39 is 0 Å². The van der Waals surface area contributed by atoms with E-state index in [2.05, 4.69) is 9.80 Å². The predicted octanol–water partition coefficient (Wildman–Crippen LogP) is -0.666. The molecule has 0 atom stereocenters. The normalized spacial score (nSPS) is 18.7. The minimum atomic E-state index is 0.169. The van der Waals surface area contributed by atoms with Crippen LogP contribution < -0.4 is 5.73 Å². The molecule has 4 N–H and O–H groups in total. The quantitative estimate of drug-likeness (QED) is 0.512. The maximum absolute atomic E-state index is 8.92. The summed E-state index contributed by atoms with van der Waals surface area (Å²) in [6.45, 7) is 6.90. The molecule has 0 aromatic carbocycles. The zero-order valence-electron chi connectivity index (χ0n) is 11.4. The van der Waals surface area contributed by atoms with Gasteiger partial charge in [-0.2, -0.15) is 0 Å². The molecule has 0 bridgehead atoms. The zero-order chi connectivity index (χ0) is 13.2. The molecule has 0 saturated carbocycles. The van der Waals surface area contributed by atoms with Crippen molar-refractivity contribution in [2.45, 2.75) is 19.3 Å². The van der Waals surface area contributed by atoms with Gasteiger partial charge in [0.1, 0.15) is 0 Å². The largest absolute Gasteiger partial charge is 0.395 e. The number of aliphatic hydroxyl groups is 2. The molecule has 1 heterocycles. The zero-order valence-corrected chi connectivity index (χ0v) is 11.4. The van der Waals surface area contributed by atoms with E-state index in [1.165, 1.54) is 25.9 Å². The molecular formula is C13H29N3O2. The third kappa shape index (κ3) is 6.11. The fraction of sp³-hybridized carbons (Fsp3) is 1.00. The van der Waals surface area contributed by atoms with Crippen LogP contribution in [-0.4, -0.2) is 79.0 Å². The van der Waals surface area contributed by atoms with Gasteiger partial charge < -0.3 is 20.8 Å². The molecule has 5 heteroatoms. The number of hydrogen-bond donors (Lipinski definition) is 3. The summed E-state index contributed by atoms with van der Waals surface area (Å²) in [6, 6.07) is 0. The summed E-state index contributed by atoms with van der Waals surface area (Å²) in [4.78, 5) is 4.62. The monoisotopic (exact) mass is 259 g/mol. The molecule has 18 heavy (non-hydrogen) atoms. The molecule has 1 aliphatic rings. The summed E-state index contributed by atoms with van der Waals surface area (Å²) in [7, 11) is 0. The van der Waals surface area contributed by atoms with Gasteiger partial charge in [0, 0.05) is 13.1 Å². The van der Waals surface area contributed by atoms with Gasteiger partial charge in [-0.3, -0.25) is 4.90 Å². The van der Waals surface area contributed by atoms with Gasteiger partial charge in [0.2, 0.25) is 0 Å². The van der Waals surface area contributed by atoms with Crippen LogP contribution in [0.3, 0.4) is 0 Å². The molecule has 5 nitrogen and oxygen atoms in total. The van der Waals surface area contributed by atoms with Crippen LogP contribution in [0.1, 0.15) is 19.3 Å². The van der Waals surface area contributed by atoms with E-state index in [1.54, 1.807) is 0 Å². The van der Waals surface area contributed by atoms with Crippen LogP contribution >= 0.6 is 0 Å². The molecule has 0 unspecified atom stereocenters. The van der Waals surface area contributed by atoms with Crippen LogP contribution in [0, 0.1) is 5.92 Å². The third-order valence-corrected chi connectivity index (χ3v) is 3.82. The molecule has 0 aromatic heterocycles. The Bertz CT molecular complexity index is 191. The number of nitrogens with zero attached hydrogens (tertiary/aromatic N) is 2. The number of rotatable bonds is 9. The van der Waals surface area contributed by atoms with Crippen molar-refractivity contribution in [1.29, 1.82) is 0 Å². The maximum atomic E-state index is 8.92. The molecule has 1 aliphatic heterocycles. The maximum Gasteiger partial charge on any atom is 0.0558 e. The van der Waals surface area contributed by atoms with E-state index in [4.69, 9.17) is 15.9 Å². The highest BCUT2D eigenvalue weighted by Crippen LogP contribution is 2.15. The lowest BCUT2D eigenvalue weighted by Gasteiger charge is -2.32. The molecule has 0 amide bonds. The van der Waals surface area contributed by atoms with Gasteiger partial charge in [-0.15, -0.1) is 0 Å². The van der Waals surface area contributed by atoms with Crippen LogP contribution in [0.25, 0.3) is 0 Å². The molecular weight excluding hydrogens is 230 g/mol. The van der Waals surface area contributed by atoms with Gasteiger partial charge in [0.15, 0.2) is 0 Å². The Morgan fingerprint density at radius 1 is 1.06 bits per heavy atom. The highest BCUT2D eigenvalue weighted by molar-refractivity contribution is 4.73. The van der Waals surface area contributed by atoms with Crippen molar-refractivity contribution >= 4 is 0 Å². The Morgan fingerprint density at radius 3 is 2.17 bits per heavy atom. The summed E-state index contributed by atoms with van der Waals surface area (Å²) in [5.41, 5.74) is 5.68. The van der Waals surface area contributed by atoms with Crippen molar-refractivity contribution < 1.29 is 10.2 Å². The Balaban J connectivity index is 2.09. The van der Waals surface area contributed by atoms with E-state index in [9.17, 15) is 0 Å². The third-order valence-electron chi connectivity index (χ3n) is 3.82. The summed E-state index contributed by atoms with van der Waals surface area (Å²) >= 11 is 0. The molecule has 0 aliphatic carbocycles. The molecule has 0 radical (unpaired) electrons. The van der Waals surface area contributed by atoms with Crippen molar-refractivity contribution in [2.75, 3.05) is 59.0 Å². The van der Waals surface area contributed by atoms with Crippen molar-refractivity contribution in [3.8, 4) is 0 Å². The number of likely N-dealkylation sites (tertiary alicyclic amines) is 1. The lowest BCUT2D eigenvalue weighted by atomic mass is 9.97. The smallest absolute Gasteiger partial charge is 0.0558 e. The molecule has 1 rings (SSSR count). The molecule has 1 fully saturated rings. The van der Waals surface area contributed by atoms with Gasteiger partial charge in [0.05, 0.1) is 13.2 Å². The predicted molar refractivity (Wildman–Crippen MR) is 73.4 cm³/mol. The van der Waals surface area contributed by atoms with Gasteiger partial charge in [-0.05, 0) is 57.9 Å². The minimum Gasteiger partial charge on any atom is -0.395 e. The highest BCUT2D eigenvalue weighted by Gasteiger charge is 2.17. The molecule has 0 spiro atoms. The van der Waals surface area contributed by atoms with Crippen molar-refractivity contribution in [1.82, 2.24) is 9.80 Å². The van der Waals surface area contributed by atoms with E-state index in [0.717, 1.165) is 32.0 Å². The number of hydrogen-bond acceptors (Lipinski definition) is 5. The van der Waals surface area contributed by atoms with E-state index >= 15 is 0 Å². The van der Waals surface area contributed by atoms with Gasteiger partial charge >= 0.3 is 0 Å². The van der Waals surface area contributed by atoms with Crippen LogP contribution in [-0.2, 0) is 0 Å². The van der Waals surface area contributed by atoms with Gasteiger partial charge in [-0.25, -0.2) is 0 Å². The Kier molecular flexibility index (Phi) is 8.54. The summed E-state index contributed by atoms with van der Waals surface area (Å²) in [5, 5.41) is 17.8. The first-order valence-electron chi connectivity index (χ1n) is 7.16. The Morgan fingerprint density at radius 2 is 1.67 bits per heavy atom. The van der Waals surface area contributed by atoms with Gasteiger partial charge in [0.25, 0.3) is 0 Å². The average molecular weight is 259 g/mol. The minimum absolute atomic E-state index is 0.169. The van der Waals surface area contributed by atoms with Crippen LogP contribution in [0.5, 0.6) is 0 Å². The lowest BCUT2D eigenvalue weighted by Crippen LogP contribution is -2.38. The topological polar surface area (TPSA) is 73.0 Å². The number of nitrogens with two attached hydrogens (primary N) is 1.